The normalized spacial score (nSPS) is 11.6. The number of carboxylic acids is 1. The molecule has 0 bridgehead atoms. The van der Waals surface area contributed by atoms with Crippen molar-refractivity contribution >= 4 is 5.97 Å². The fraction of sp³-hybridized carbons (Fsp3) is 0.400. The van der Waals surface area contributed by atoms with Gasteiger partial charge in [-0.3, -0.25) is 4.98 Å². The molecule has 88 valence electrons. The van der Waals surface area contributed by atoms with Gasteiger partial charge in [-0.25, -0.2) is 4.79 Å². The lowest BCUT2D eigenvalue weighted by Crippen LogP contribution is -2.17. The van der Waals surface area contributed by atoms with Crippen LogP contribution in [0, 0.1) is 6.92 Å². The fourth-order valence-corrected chi connectivity index (χ4v) is 1.53. The zero-order chi connectivity index (χ0) is 12.5. The third-order valence-corrected chi connectivity index (χ3v) is 2.28. The lowest BCUT2D eigenvalue weighted by molar-refractivity contribution is -0.138. The molecule has 1 heterocycles. The van der Waals surface area contributed by atoms with E-state index in [0.29, 0.717) is 6.42 Å². The molecular formula is C10H10F3NO2. The molecule has 0 unspecified atom stereocenters. The van der Waals surface area contributed by atoms with Crippen molar-refractivity contribution in [2.24, 2.45) is 0 Å². The van der Waals surface area contributed by atoms with Gasteiger partial charge in [0, 0.05) is 11.9 Å². The van der Waals surface area contributed by atoms with Gasteiger partial charge in [0.15, 0.2) is 0 Å². The number of halogens is 3. The van der Waals surface area contributed by atoms with E-state index in [-0.39, 0.29) is 11.3 Å². The molecule has 1 aromatic rings. The van der Waals surface area contributed by atoms with Crippen LogP contribution in [0.15, 0.2) is 6.20 Å². The van der Waals surface area contributed by atoms with Crippen LogP contribution in [0.5, 0.6) is 0 Å². The molecule has 0 aliphatic rings. The summed E-state index contributed by atoms with van der Waals surface area (Å²) >= 11 is 0. The summed E-state index contributed by atoms with van der Waals surface area (Å²) in [4.78, 5) is 14.4. The standard InChI is InChI=1S/C10H10F3NO2/c1-3-7-5(2)8(10(11,12)13)6(4-14-7)9(15)16/h4H,3H2,1-2H3,(H,15,16). The summed E-state index contributed by atoms with van der Waals surface area (Å²) < 4.78 is 38.1. The Morgan fingerprint density at radius 2 is 2.06 bits per heavy atom. The molecule has 0 atom stereocenters. The van der Waals surface area contributed by atoms with Crippen molar-refractivity contribution < 1.29 is 23.1 Å². The highest BCUT2D eigenvalue weighted by molar-refractivity contribution is 5.89. The predicted octanol–water partition coefficient (Wildman–Crippen LogP) is 2.67. The van der Waals surface area contributed by atoms with Gasteiger partial charge in [-0.05, 0) is 18.9 Å². The van der Waals surface area contributed by atoms with Gasteiger partial charge < -0.3 is 5.11 Å². The van der Waals surface area contributed by atoms with E-state index in [4.69, 9.17) is 5.11 Å². The number of carbonyl (C=O) groups is 1. The molecule has 1 N–H and O–H groups in total. The van der Waals surface area contributed by atoms with Crippen molar-refractivity contribution in [1.29, 1.82) is 0 Å². The average molecular weight is 233 g/mol. The number of hydrogen-bond donors (Lipinski definition) is 1. The quantitative estimate of drug-likeness (QED) is 0.854. The number of alkyl halides is 3. The van der Waals surface area contributed by atoms with Crippen LogP contribution in [0.1, 0.15) is 34.1 Å². The summed E-state index contributed by atoms with van der Waals surface area (Å²) in [7, 11) is 0. The van der Waals surface area contributed by atoms with Crippen LogP contribution in [0.25, 0.3) is 0 Å². The van der Waals surface area contributed by atoms with E-state index in [1.807, 2.05) is 0 Å². The largest absolute Gasteiger partial charge is 0.478 e. The van der Waals surface area contributed by atoms with Crippen molar-refractivity contribution in [3.8, 4) is 0 Å². The maximum atomic E-state index is 12.7. The summed E-state index contributed by atoms with van der Waals surface area (Å²) in [5.74, 6) is -1.62. The van der Waals surface area contributed by atoms with E-state index in [2.05, 4.69) is 4.98 Å². The molecule has 1 rings (SSSR count). The molecule has 0 spiro atoms. The van der Waals surface area contributed by atoms with Gasteiger partial charge in [0.1, 0.15) is 0 Å². The first kappa shape index (κ1) is 12.5. The Morgan fingerprint density at radius 3 is 2.44 bits per heavy atom. The number of carboxylic acid groups (broad SMARTS) is 1. The van der Waals surface area contributed by atoms with E-state index in [1.54, 1.807) is 6.92 Å². The van der Waals surface area contributed by atoms with Crippen molar-refractivity contribution in [2.75, 3.05) is 0 Å². The van der Waals surface area contributed by atoms with Gasteiger partial charge in [-0.1, -0.05) is 6.92 Å². The summed E-state index contributed by atoms with van der Waals surface area (Å²) in [6.45, 7) is 2.90. The van der Waals surface area contributed by atoms with Crippen LogP contribution >= 0.6 is 0 Å². The Kier molecular flexibility index (Phi) is 3.21. The highest BCUT2D eigenvalue weighted by Gasteiger charge is 2.38. The number of pyridine rings is 1. The second-order valence-electron chi connectivity index (χ2n) is 3.28. The number of aromatic carboxylic acids is 1. The lowest BCUT2D eigenvalue weighted by atomic mass is 10.0. The first-order valence-corrected chi connectivity index (χ1v) is 4.58. The molecule has 0 saturated carbocycles. The second-order valence-corrected chi connectivity index (χ2v) is 3.28. The third-order valence-electron chi connectivity index (χ3n) is 2.28. The molecule has 0 fully saturated rings. The molecule has 6 heteroatoms. The first-order chi connectivity index (χ1) is 7.29. The van der Waals surface area contributed by atoms with Crippen LogP contribution in [0.4, 0.5) is 13.2 Å². The number of rotatable bonds is 2. The van der Waals surface area contributed by atoms with Crippen LogP contribution in [0.3, 0.4) is 0 Å². The van der Waals surface area contributed by atoms with Crippen LogP contribution in [-0.2, 0) is 12.6 Å². The van der Waals surface area contributed by atoms with E-state index in [9.17, 15) is 18.0 Å². The first-order valence-electron chi connectivity index (χ1n) is 4.58. The Hall–Kier alpha value is -1.59. The Bertz CT molecular complexity index is 427. The van der Waals surface area contributed by atoms with Gasteiger partial charge in [0.2, 0.25) is 0 Å². The topological polar surface area (TPSA) is 50.2 Å². The van der Waals surface area contributed by atoms with Crippen molar-refractivity contribution in [3.63, 3.8) is 0 Å². The minimum atomic E-state index is -4.68. The van der Waals surface area contributed by atoms with Crippen molar-refractivity contribution in [1.82, 2.24) is 4.98 Å². The smallest absolute Gasteiger partial charge is 0.417 e. The van der Waals surface area contributed by atoms with Gasteiger partial charge in [0.05, 0.1) is 11.1 Å². The zero-order valence-electron chi connectivity index (χ0n) is 8.72. The van der Waals surface area contributed by atoms with Crippen LogP contribution in [0.2, 0.25) is 0 Å². The molecule has 0 saturated heterocycles. The van der Waals surface area contributed by atoms with Gasteiger partial charge in [-0.15, -0.1) is 0 Å². The van der Waals surface area contributed by atoms with Gasteiger partial charge in [-0.2, -0.15) is 13.2 Å². The molecule has 0 aliphatic carbocycles. The van der Waals surface area contributed by atoms with E-state index < -0.39 is 23.3 Å². The summed E-state index contributed by atoms with van der Waals surface area (Å²) in [6, 6.07) is 0. The number of nitrogens with zero attached hydrogens (tertiary/aromatic N) is 1. The average Bonchev–Trinajstić information content (AvgIpc) is 2.14. The Labute approximate surface area is 89.9 Å². The monoisotopic (exact) mass is 233 g/mol. The fourth-order valence-electron chi connectivity index (χ4n) is 1.53. The summed E-state index contributed by atoms with van der Waals surface area (Å²) in [5, 5.41) is 8.68. The Morgan fingerprint density at radius 1 is 1.50 bits per heavy atom. The van der Waals surface area contributed by atoms with Crippen molar-refractivity contribution in [2.45, 2.75) is 26.4 Å². The van der Waals surface area contributed by atoms with Gasteiger partial charge >= 0.3 is 12.1 Å². The minimum absolute atomic E-state index is 0.116. The van der Waals surface area contributed by atoms with E-state index in [0.717, 1.165) is 6.20 Å². The molecule has 0 aromatic carbocycles. The zero-order valence-corrected chi connectivity index (χ0v) is 8.72. The SMILES string of the molecule is CCc1ncc(C(=O)O)c(C(F)(F)F)c1C. The van der Waals surface area contributed by atoms with E-state index >= 15 is 0 Å². The van der Waals surface area contributed by atoms with Crippen molar-refractivity contribution in [3.05, 3.63) is 28.6 Å². The predicted molar refractivity (Wildman–Crippen MR) is 50.3 cm³/mol. The summed E-state index contributed by atoms with van der Waals surface area (Å²) in [6.07, 6.45) is -3.59. The molecule has 0 aliphatic heterocycles. The molecule has 0 amide bonds. The number of aromatic nitrogens is 1. The molecule has 1 aromatic heterocycles. The highest BCUT2D eigenvalue weighted by Crippen LogP contribution is 2.35. The molecule has 0 radical (unpaired) electrons. The molecular weight excluding hydrogens is 223 g/mol. The molecule has 3 nitrogen and oxygen atoms in total. The number of aryl methyl sites for hydroxylation is 1. The minimum Gasteiger partial charge on any atom is -0.478 e. The second kappa shape index (κ2) is 4.11. The maximum absolute atomic E-state index is 12.7. The Balaban J connectivity index is 3.56. The lowest BCUT2D eigenvalue weighted by Gasteiger charge is -2.15. The highest BCUT2D eigenvalue weighted by atomic mass is 19.4. The number of hydrogen-bond acceptors (Lipinski definition) is 2. The molecule has 16 heavy (non-hydrogen) atoms. The summed E-state index contributed by atoms with van der Waals surface area (Å²) in [5.41, 5.74) is -1.76. The maximum Gasteiger partial charge on any atom is 0.417 e. The van der Waals surface area contributed by atoms with Crippen LogP contribution in [-0.4, -0.2) is 16.1 Å². The van der Waals surface area contributed by atoms with Gasteiger partial charge in [0.25, 0.3) is 0 Å². The third kappa shape index (κ3) is 2.15. The van der Waals surface area contributed by atoms with E-state index in [1.165, 1.54) is 6.92 Å². The van der Waals surface area contributed by atoms with Crippen LogP contribution < -0.4 is 0 Å².